The van der Waals surface area contributed by atoms with Crippen LogP contribution in [0, 0.1) is 11.3 Å². The zero-order valence-corrected chi connectivity index (χ0v) is 21.1. The standard InChI is InChI=1S/C27H32N2O5S/c1-17(18-4-3-5-21(13-18)32-2)12-20(30)14-25-24(16-28)23-7-6-22(15-26(23)35-25)34-27(31)29-19-8-10-33-11-9-19/h3-5,13,17,19,22H,6-12,14-15H2,1-2H3,(H,29,31). The van der Waals surface area contributed by atoms with Crippen molar-refractivity contribution < 1.29 is 23.8 Å². The molecule has 0 spiro atoms. The lowest BCUT2D eigenvalue weighted by molar-refractivity contribution is -0.118. The summed E-state index contributed by atoms with van der Waals surface area (Å²) in [4.78, 5) is 27.1. The number of benzene rings is 1. The van der Waals surface area contributed by atoms with E-state index in [4.69, 9.17) is 14.2 Å². The number of nitrogens with one attached hydrogen (secondary N) is 1. The lowest BCUT2D eigenvalue weighted by Crippen LogP contribution is -2.41. The number of hydrogen-bond donors (Lipinski definition) is 1. The largest absolute Gasteiger partial charge is 0.497 e. The Morgan fingerprint density at radius 3 is 2.83 bits per heavy atom. The van der Waals surface area contributed by atoms with Gasteiger partial charge < -0.3 is 19.5 Å². The summed E-state index contributed by atoms with van der Waals surface area (Å²) < 4.78 is 16.3. The van der Waals surface area contributed by atoms with Gasteiger partial charge >= 0.3 is 6.09 Å². The molecule has 4 rings (SSSR count). The van der Waals surface area contributed by atoms with E-state index in [-0.39, 0.29) is 36.4 Å². The number of nitriles is 1. The smallest absolute Gasteiger partial charge is 0.407 e. The van der Waals surface area contributed by atoms with Gasteiger partial charge in [-0.15, -0.1) is 11.3 Å². The van der Waals surface area contributed by atoms with E-state index in [2.05, 4.69) is 11.4 Å². The van der Waals surface area contributed by atoms with E-state index >= 15 is 0 Å². The predicted molar refractivity (Wildman–Crippen MR) is 133 cm³/mol. The zero-order valence-electron chi connectivity index (χ0n) is 20.3. The monoisotopic (exact) mass is 496 g/mol. The van der Waals surface area contributed by atoms with Crippen LogP contribution in [0.2, 0.25) is 0 Å². The van der Waals surface area contributed by atoms with Gasteiger partial charge in [0, 0.05) is 48.3 Å². The molecule has 1 aliphatic heterocycles. The third kappa shape index (κ3) is 6.41. The molecular weight excluding hydrogens is 464 g/mol. The lowest BCUT2D eigenvalue weighted by Gasteiger charge is -2.26. The van der Waals surface area contributed by atoms with E-state index < -0.39 is 0 Å². The molecule has 8 heteroatoms. The number of methoxy groups -OCH3 is 1. The van der Waals surface area contributed by atoms with Crippen molar-refractivity contribution in [3.8, 4) is 11.8 Å². The van der Waals surface area contributed by atoms with Crippen molar-refractivity contribution in [1.29, 1.82) is 5.26 Å². The molecule has 0 bridgehead atoms. The van der Waals surface area contributed by atoms with E-state index in [0.29, 0.717) is 44.5 Å². The Hall–Kier alpha value is -2.89. The molecule has 1 N–H and O–H groups in total. The highest BCUT2D eigenvalue weighted by atomic mass is 32.1. The van der Waals surface area contributed by atoms with Crippen LogP contribution in [0.1, 0.15) is 65.0 Å². The van der Waals surface area contributed by atoms with Crippen LogP contribution in [0.5, 0.6) is 5.75 Å². The summed E-state index contributed by atoms with van der Waals surface area (Å²) >= 11 is 1.52. The first-order valence-electron chi connectivity index (χ1n) is 12.2. The Balaban J connectivity index is 1.35. The van der Waals surface area contributed by atoms with Crippen LogP contribution in [0.15, 0.2) is 24.3 Å². The van der Waals surface area contributed by atoms with Gasteiger partial charge in [0.2, 0.25) is 0 Å². The van der Waals surface area contributed by atoms with Crippen LogP contribution in [0.25, 0.3) is 0 Å². The number of Topliss-reactive ketones (excluding diaryl/α,β-unsaturated/α-hetero) is 1. The molecule has 186 valence electrons. The number of ketones is 1. The first kappa shape index (κ1) is 25.2. The Labute approximate surface area is 210 Å². The molecule has 0 saturated carbocycles. The maximum atomic E-state index is 12.9. The number of carbonyl (C=O) groups excluding carboxylic acids is 2. The van der Waals surface area contributed by atoms with Gasteiger partial charge in [0.05, 0.1) is 12.7 Å². The summed E-state index contributed by atoms with van der Waals surface area (Å²) in [5.74, 6) is 0.946. The Morgan fingerprint density at radius 2 is 2.09 bits per heavy atom. The summed E-state index contributed by atoms with van der Waals surface area (Å²) in [6, 6.07) is 10.2. The number of rotatable bonds is 8. The maximum absolute atomic E-state index is 12.9. The van der Waals surface area contributed by atoms with Crippen LogP contribution in [0.3, 0.4) is 0 Å². The summed E-state index contributed by atoms with van der Waals surface area (Å²) in [6.45, 7) is 3.35. The normalized spacial score (nSPS) is 18.7. The minimum Gasteiger partial charge on any atom is -0.497 e. The van der Waals surface area contributed by atoms with E-state index in [1.54, 1.807) is 7.11 Å². The van der Waals surface area contributed by atoms with Crippen LogP contribution in [-0.2, 0) is 33.5 Å². The Bertz CT molecular complexity index is 1100. The summed E-state index contributed by atoms with van der Waals surface area (Å²) in [7, 11) is 1.63. The van der Waals surface area contributed by atoms with Crippen LogP contribution >= 0.6 is 11.3 Å². The van der Waals surface area contributed by atoms with Gasteiger partial charge in [-0.3, -0.25) is 4.79 Å². The molecule has 1 aromatic carbocycles. The predicted octanol–water partition coefficient (Wildman–Crippen LogP) is 4.70. The van der Waals surface area contributed by atoms with E-state index in [0.717, 1.165) is 39.5 Å². The number of hydrogen-bond acceptors (Lipinski definition) is 7. The number of alkyl carbamates (subject to hydrolysis) is 1. The number of fused-ring (bicyclic) bond motifs is 1. The maximum Gasteiger partial charge on any atom is 0.407 e. The minimum absolute atomic E-state index is 0.0599. The second kappa shape index (κ2) is 11.7. The quantitative estimate of drug-likeness (QED) is 0.569. The number of nitrogens with zero attached hydrogens (tertiary/aromatic N) is 1. The third-order valence-electron chi connectivity index (χ3n) is 6.78. The molecule has 1 aliphatic carbocycles. The van der Waals surface area contributed by atoms with E-state index in [9.17, 15) is 14.9 Å². The fourth-order valence-electron chi connectivity index (χ4n) is 4.82. The van der Waals surface area contributed by atoms with Crippen molar-refractivity contribution in [3.63, 3.8) is 0 Å². The molecule has 1 fully saturated rings. The van der Waals surface area contributed by atoms with Crippen LogP contribution in [0.4, 0.5) is 4.79 Å². The van der Waals surface area contributed by atoms with Crippen molar-refractivity contribution >= 4 is 23.2 Å². The van der Waals surface area contributed by atoms with Crippen LogP contribution < -0.4 is 10.1 Å². The molecule has 2 unspecified atom stereocenters. The van der Waals surface area contributed by atoms with Crippen molar-refractivity contribution in [1.82, 2.24) is 5.32 Å². The molecule has 1 saturated heterocycles. The highest BCUT2D eigenvalue weighted by molar-refractivity contribution is 7.12. The van der Waals surface area contributed by atoms with Gasteiger partial charge in [0.15, 0.2) is 0 Å². The van der Waals surface area contributed by atoms with E-state index in [1.807, 2.05) is 31.2 Å². The molecular formula is C27H32N2O5S. The van der Waals surface area contributed by atoms with Crippen molar-refractivity contribution in [2.24, 2.45) is 0 Å². The van der Waals surface area contributed by atoms with Gasteiger partial charge in [-0.05, 0) is 54.9 Å². The van der Waals surface area contributed by atoms with Crippen molar-refractivity contribution in [2.75, 3.05) is 20.3 Å². The SMILES string of the molecule is COc1cccc(C(C)CC(=O)Cc2sc3c(c2C#N)CCC(OC(=O)NC2CCOCC2)C3)c1. The number of thiophene rings is 1. The van der Waals surface area contributed by atoms with Gasteiger partial charge in [0.25, 0.3) is 0 Å². The van der Waals surface area contributed by atoms with E-state index in [1.165, 1.54) is 11.3 Å². The van der Waals surface area contributed by atoms with Gasteiger partial charge in [0.1, 0.15) is 23.7 Å². The summed E-state index contributed by atoms with van der Waals surface area (Å²) in [5.41, 5.74) is 2.71. The van der Waals surface area contributed by atoms with Gasteiger partial charge in [-0.1, -0.05) is 19.1 Å². The van der Waals surface area contributed by atoms with Gasteiger partial charge in [-0.2, -0.15) is 5.26 Å². The molecule has 7 nitrogen and oxygen atoms in total. The van der Waals surface area contributed by atoms with Crippen molar-refractivity contribution in [3.05, 3.63) is 50.7 Å². The van der Waals surface area contributed by atoms with Gasteiger partial charge in [-0.25, -0.2) is 4.79 Å². The molecule has 1 amide bonds. The average Bonchev–Trinajstić information content (AvgIpc) is 3.20. The first-order chi connectivity index (χ1) is 17.0. The minimum atomic E-state index is -0.385. The highest BCUT2D eigenvalue weighted by Gasteiger charge is 2.29. The fraction of sp³-hybridized carbons (Fsp3) is 0.519. The highest BCUT2D eigenvalue weighted by Crippen LogP contribution is 2.36. The number of ether oxygens (including phenoxy) is 3. The topological polar surface area (TPSA) is 97.7 Å². The zero-order chi connectivity index (χ0) is 24.8. The first-order valence-corrected chi connectivity index (χ1v) is 13.0. The molecule has 2 aromatic rings. The molecule has 2 heterocycles. The average molecular weight is 497 g/mol. The number of carbonyl (C=O) groups is 2. The second-order valence-corrected chi connectivity index (χ2v) is 10.5. The second-order valence-electron chi connectivity index (χ2n) is 9.31. The number of amides is 1. The molecule has 2 aliphatic rings. The lowest BCUT2D eigenvalue weighted by atomic mass is 9.91. The summed E-state index contributed by atoms with van der Waals surface area (Å²) in [5, 5.41) is 12.8. The van der Waals surface area contributed by atoms with Crippen LogP contribution in [-0.4, -0.2) is 44.3 Å². The fourth-order valence-corrected chi connectivity index (χ4v) is 6.22. The molecule has 2 atom stereocenters. The van der Waals surface area contributed by atoms with Crippen molar-refractivity contribution in [2.45, 2.75) is 69.9 Å². The summed E-state index contributed by atoms with van der Waals surface area (Å²) in [6.07, 6.45) is 3.60. The Kier molecular flexibility index (Phi) is 8.42. The molecule has 35 heavy (non-hydrogen) atoms. The Morgan fingerprint density at radius 1 is 1.29 bits per heavy atom. The molecule has 1 aromatic heterocycles. The third-order valence-corrected chi connectivity index (χ3v) is 8.03. The molecule has 0 radical (unpaired) electrons.